The highest BCUT2D eigenvalue weighted by atomic mass is 16.1. The first-order valence-corrected chi connectivity index (χ1v) is 4.74. The molecule has 0 radical (unpaired) electrons. The van der Waals surface area contributed by atoms with Crippen molar-refractivity contribution in [2.45, 2.75) is 32.6 Å². The van der Waals surface area contributed by atoms with Crippen molar-refractivity contribution >= 4 is 6.29 Å². The molecule has 2 heteroatoms. The van der Waals surface area contributed by atoms with Gasteiger partial charge in [0.2, 0.25) is 0 Å². The smallest absolute Gasteiger partial charge is 0.127 e. The Morgan fingerprint density at radius 2 is 2.38 bits per heavy atom. The van der Waals surface area contributed by atoms with Crippen molar-refractivity contribution in [3.8, 4) is 0 Å². The lowest BCUT2D eigenvalue weighted by Gasteiger charge is -2.32. The zero-order valence-corrected chi connectivity index (χ0v) is 8.13. The second kappa shape index (κ2) is 2.72. The van der Waals surface area contributed by atoms with Gasteiger partial charge in [0.1, 0.15) is 6.29 Å². The molecule has 0 fully saturated rings. The molecule has 1 unspecified atom stereocenters. The van der Waals surface area contributed by atoms with Crippen LogP contribution in [0.2, 0.25) is 0 Å². The Balaban J connectivity index is 2.41. The molecule has 0 saturated carbocycles. The third-order valence-corrected chi connectivity index (χ3v) is 2.86. The monoisotopic (exact) mass is 177 g/mol. The van der Waals surface area contributed by atoms with Gasteiger partial charge in [-0.05, 0) is 29.9 Å². The maximum atomic E-state index is 10.9. The van der Waals surface area contributed by atoms with Gasteiger partial charge in [0, 0.05) is 17.8 Å². The fraction of sp³-hybridized carbons (Fsp3) is 0.545. The van der Waals surface area contributed by atoms with E-state index in [9.17, 15) is 4.79 Å². The van der Waals surface area contributed by atoms with Gasteiger partial charge in [-0.2, -0.15) is 0 Å². The van der Waals surface area contributed by atoms with Gasteiger partial charge in [0.15, 0.2) is 0 Å². The third kappa shape index (κ3) is 1.41. The van der Waals surface area contributed by atoms with E-state index in [0.717, 1.165) is 19.1 Å². The van der Waals surface area contributed by atoms with Crippen LogP contribution in [0.15, 0.2) is 12.3 Å². The summed E-state index contributed by atoms with van der Waals surface area (Å²) in [6.07, 6.45) is 5.04. The molecule has 0 spiro atoms. The minimum absolute atomic E-state index is 0.102. The number of hydrogen-bond acceptors (Lipinski definition) is 1. The minimum atomic E-state index is 0.102. The highest BCUT2D eigenvalue weighted by Gasteiger charge is 2.32. The lowest BCUT2D eigenvalue weighted by atomic mass is 9.72. The Labute approximate surface area is 78.4 Å². The van der Waals surface area contributed by atoms with E-state index in [0.29, 0.717) is 0 Å². The number of hydrogen-bond donors (Lipinski definition) is 1. The topological polar surface area (TPSA) is 32.9 Å². The van der Waals surface area contributed by atoms with Crippen molar-refractivity contribution in [3.63, 3.8) is 0 Å². The molecule has 2 rings (SSSR count). The van der Waals surface area contributed by atoms with Crippen LogP contribution in [-0.4, -0.2) is 11.3 Å². The number of nitrogens with one attached hydrogen (secondary N) is 1. The molecule has 0 aromatic carbocycles. The average Bonchev–Trinajstić information content (AvgIpc) is 2.48. The van der Waals surface area contributed by atoms with Crippen LogP contribution in [0.25, 0.3) is 0 Å². The summed E-state index contributed by atoms with van der Waals surface area (Å²) in [4.78, 5) is 14.1. The normalized spacial score (nSPS) is 25.2. The molecule has 0 aliphatic heterocycles. The van der Waals surface area contributed by atoms with Crippen LogP contribution in [0.1, 0.15) is 37.4 Å². The number of aldehydes is 1. The fourth-order valence-electron chi connectivity index (χ4n) is 2.29. The van der Waals surface area contributed by atoms with E-state index in [-0.39, 0.29) is 11.3 Å². The van der Waals surface area contributed by atoms with Gasteiger partial charge in [-0.3, -0.25) is 0 Å². The molecule has 0 bridgehead atoms. The largest absolute Gasteiger partial charge is 0.365 e. The van der Waals surface area contributed by atoms with E-state index in [1.165, 1.54) is 11.3 Å². The number of carbonyl (C=O) groups excluding carboxylic acids is 1. The summed E-state index contributed by atoms with van der Waals surface area (Å²) in [5.41, 5.74) is 2.70. The maximum Gasteiger partial charge on any atom is 0.127 e. The van der Waals surface area contributed by atoms with Gasteiger partial charge in [-0.1, -0.05) is 13.8 Å². The number of H-pyrrole nitrogens is 1. The Morgan fingerprint density at radius 3 is 3.08 bits per heavy atom. The van der Waals surface area contributed by atoms with Crippen LogP contribution in [0.4, 0.5) is 0 Å². The predicted octanol–water partition coefficient (Wildman–Crippen LogP) is 2.27. The fourth-order valence-corrected chi connectivity index (χ4v) is 2.29. The molecule has 1 N–H and O–H groups in total. The van der Waals surface area contributed by atoms with E-state index < -0.39 is 0 Å². The van der Waals surface area contributed by atoms with E-state index in [4.69, 9.17) is 0 Å². The molecule has 1 aliphatic rings. The first-order valence-electron chi connectivity index (χ1n) is 4.74. The SMILES string of the molecule is CC1(C)Cc2[nH]ccc2C(C=O)C1. The molecule has 70 valence electrons. The van der Waals surface area contributed by atoms with Crippen molar-refractivity contribution in [3.05, 3.63) is 23.5 Å². The molecular formula is C11H15NO. The molecule has 1 aliphatic carbocycles. The van der Waals surface area contributed by atoms with E-state index in [2.05, 4.69) is 18.8 Å². The molecule has 1 aromatic heterocycles. The molecule has 1 atom stereocenters. The Bertz CT molecular complexity index is 325. The highest BCUT2D eigenvalue weighted by molar-refractivity contribution is 5.63. The van der Waals surface area contributed by atoms with Gasteiger partial charge in [-0.25, -0.2) is 0 Å². The van der Waals surface area contributed by atoms with Crippen molar-refractivity contribution in [1.82, 2.24) is 4.98 Å². The van der Waals surface area contributed by atoms with Crippen LogP contribution < -0.4 is 0 Å². The summed E-state index contributed by atoms with van der Waals surface area (Å²) in [5.74, 6) is 0.102. The van der Waals surface area contributed by atoms with Crippen LogP contribution in [0, 0.1) is 5.41 Å². The molecule has 13 heavy (non-hydrogen) atoms. The molecular weight excluding hydrogens is 162 g/mol. The van der Waals surface area contributed by atoms with E-state index in [1.807, 2.05) is 12.3 Å². The van der Waals surface area contributed by atoms with Gasteiger partial charge < -0.3 is 9.78 Å². The van der Waals surface area contributed by atoms with Crippen LogP contribution in [0.3, 0.4) is 0 Å². The molecule has 0 saturated heterocycles. The number of rotatable bonds is 1. The summed E-state index contributed by atoms with van der Waals surface area (Å²) in [5, 5.41) is 0. The highest BCUT2D eigenvalue weighted by Crippen LogP contribution is 2.40. The summed E-state index contributed by atoms with van der Waals surface area (Å²) in [7, 11) is 0. The zero-order chi connectivity index (χ0) is 9.47. The number of aromatic amines is 1. The second-order valence-corrected chi connectivity index (χ2v) is 4.70. The number of carbonyl (C=O) groups is 1. The zero-order valence-electron chi connectivity index (χ0n) is 8.13. The molecule has 0 amide bonds. The molecule has 1 aromatic rings. The van der Waals surface area contributed by atoms with Crippen LogP contribution >= 0.6 is 0 Å². The van der Waals surface area contributed by atoms with Crippen LogP contribution in [0.5, 0.6) is 0 Å². The van der Waals surface area contributed by atoms with Gasteiger partial charge >= 0.3 is 0 Å². The summed E-state index contributed by atoms with van der Waals surface area (Å²) >= 11 is 0. The third-order valence-electron chi connectivity index (χ3n) is 2.86. The average molecular weight is 177 g/mol. The van der Waals surface area contributed by atoms with Gasteiger partial charge in [-0.15, -0.1) is 0 Å². The second-order valence-electron chi connectivity index (χ2n) is 4.70. The molecule has 1 heterocycles. The predicted molar refractivity (Wildman–Crippen MR) is 51.7 cm³/mol. The van der Waals surface area contributed by atoms with Crippen molar-refractivity contribution in [1.29, 1.82) is 0 Å². The van der Waals surface area contributed by atoms with Crippen LogP contribution in [-0.2, 0) is 11.2 Å². The van der Waals surface area contributed by atoms with Crippen molar-refractivity contribution in [2.24, 2.45) is 5.41 Å². The first kappa shape index (κ1) is 8.54. The quantitative estimate of drug-likeness (QED) is 0.656. The van der Waals surface area contributed by atoms with E-state index >= 15 is 0 Å². The minimum Gasteiger partial charge on any atom is -0.365 e. The lowest BCUT2D eigenvalue weighted by molar-refractivity contribution is -0.109. The lowest BCUT2D eigenvalue weighted by Crippen LogP contribution is -2.25. The van der Waals surface area contributed by atoms with Crippen molar-refractivity contribution < 1.29 is 4.79 Å². The Morgan fingerprint density at radius 1 is 1.62 bits per heavy atom. The van der Waals surface area contributed by atoms with Gasteiger partial charge in [0.05, 0.1) is 0 Å². The molecule has 2 nitrogen and oxygen atoms in total. The standard InChI is InChI=1S/C11H15NO/c1-11(2)5-8(7-13)9-3-4-12-10(9)6-11/h3-4,7-8,12H,5-6H2,1-2H3. The van der Waals surface area contributed by atoms with Gasteiger partial charge in [0.25, 0.3) is 0 Å². The summed E-state index contributed by atoms with van der Waals surface area (Å²) < 4.78 is 0. The van der Waals surface area contributed by atoms with Crippen molar-refractivity contribution in [2.75, 3.05) is 0 Å². The van der Waals surface area contributed by atoms with E-state index in [1.54, 1.807) is 0 Å². The summed E-state index contributed by atoms with van der Waals surface area (Å²) in [6, 6.07) is 2.03. The Kier molecular flexibility index (Phi) is 1.79. The number of aromatic nitrogens is 1. The summed E-state index contributed by atoms with van der Waals surface area (Å²) in [6.45, 7) is 4.43. The Hall–Kier alpha value is -1.05. The maximum absolute atomic E-state index is 10.9. The first-order chi connectivity index (χ1) is 6.12. The number of fused-ring (bicyclic) bond motifs is 1.